The van der Waals surface area contributed by atoms with Crippen molar-refractivity contribution in [3.8, 4) is 0 Å². The molecule has 4 unspecified atom stereocenters. The highest BCUT2D eigenvalue weighted by molar-refractivity contribution is 6.21. The highest BCUT2D eigenvalue weighted by Gasteiger charge is 2.39. The van der Waals surface area contributed by atoms with Crippen LogP contribution < -0.4 is 5.73 Å². The van der Waals surface area contributed by atoms with Crippen LogP contribution in [0.1, 0.15) is 12.8 Å². The Balaban J connectivity index is 2.00. The van der Waals surface area contributed by atoms with E-state index in [1.165, 1.54) is 0 Å². The molecule has 11 heavy (non-hydrogen) atoms. The van der Waals surface area contributed by atoms with Gasteiger partial charge in [0.25, 0.3) is 0 Å². The Morgan fingerprint density at radius 1 is 1.18 bits per heavy atom. The Morgan fingerprint density at radius 3 is 2.55 bits per heavy atom. The third kappa shape index (κ3) is 1.38. The molecule has 1 saturated carbocycles. The van der Waals surface area contributed by atoms with Gasteiger partial charge in [0.1, 0.15) is 6.79 Å². The largest absolute Gasteiger partial charge is 0.349 e. The molecule has 0 aromatic carbocycles. The number of ether oxygens (including phenoxy) is 2. The SMILES string of the molecule is NC1CC2OCOC2CC1Cl. The van der Waals surface area contributed by atoms with Gasteiger partial charge < -0.3 is 15.2 Å². The molecule has 0 aromatic heterocycles. The first kappa shape index (κ1) is 7.80. The molecule has 0 aromatic rings. The summed E-state index contributed by atoms with van der Waals surface area (Å²) in [5, 5.41) is 0.0537. The topological polar surface area (TPSA) is 44.5 Å². The van der Waals surface area contributed by atoms with Gasteiger partial charge in [-0.3, -0.25) is 0 Å². The van der Waals surface area contributed by atoms with E-state index in [4.69, 9.17) is 26.8 Å². The third-order valence-corrected chi connectivity index (χ3v) is 2.91. The normalized spacial score (nSPS) is 50.7. The van der Waals surface area contributed by atoms with Crippen LogP contribution in [0.15, 0.2) is 0 Å². The lowest BCUT2D eigenvalue weighted by Crippen LogP contribution is -2.45. The number of fused-ring (bicyclic) bond motifs is 1. The Labute approximate surface area is 70.8 Å². The maximum absolute atomic E-state index is 5.97. The van der Waals surface area contributed by atoms with Crippen LogP contribution >= 0.6 is 11.6 Å². The Morgan fingerprint density at radius 2 is 1.82 bits per heavy atom. The van der Waals surface area contributed by atoms with Crippen molar-refractivity contribution in [2.75, 3.05) is 6.79 Å². The van der Waals surface area contributed by atoms with E-state index in [9.17, 15) is 0 Å². The van der Waals surface area contributed by atoms with Crippen LogP contribution in [0.4, 0.5) is 0 Å². The first-order valence-corrected chi connectivity index (χ1v) is 4.34. The molecule has 4 atom stereocenters. The predicted octanol–water partition coefficient (Wildman–Crippen LogP) is 0.456. The minimum atomic E-state index is 0.0537. The van der Waals surface area contributed by atoms with Crippen molar-refractivity contribution in [1.29, 1.82) is 0 Å². The van der Waals surface area contributed by atoms with E-state index >= 15 is 0 Å². The molecule has 64 valence electrons. The molecule has 1 heterocycles. The van der Waals surface area contributed by atoms with Gasteiger partial charge in [0, 0.05) is 6.04 Å². The summed E-state index contributed by atoms with van der Waals surface area (Å²) in [6.07, 6.45) is 2.05. The first-order chi connectivity index (χ1) is 5.27. The van der Waals surface area contributed by atoms with Crippen LogP contribution in [0.3, 0.4) is 0 Å². The summed E-state index contributed by atoms with van der Waals surface area (Å²) >= 11 is 5.97. The summed E-state index contributed by atoms with van der Waals surface area (Å²) in [6.45, 7) is 0.408. The summed E-state index contributed by atoms with van der Waals surface area (Å²) in [5.41, 5.74) is 5.77. The summed E-state index contributed by atoms with van der Waals surface area (Å²) < 4.78 is 10.6. The van der Waals surface area contributed by atoms with Crippen LogP contribution in [0, 0.1) is 0 Å². The summed E-state index contributed by atoms with van der Waals surface area (Å²) in [5.74, 6) is 0. The lowest BCUT2D eigenvalue weighted by Gasteiger charge is -2.30. The molecule has 0 radical (unpaired) electrons. The standard InChI is InChI=1S/C7H12ClNO2/c8-4-1-6-7(2-5(4)9)11-3-10-6/h4-7H,1-3,9H2. The van der Waals surface area contributed by atoms with E-state index in [2.05, 4.69) is 0 Å². The molecule has 2 rings (SSSR count). The molecular weight excluding hydrogens is 166 g/mol. The van der Waals surface area contributed by atoms with Crippen molar-refractivity contribution in [2.24, 2.45) is 5.73 Å². The van der Waals surface area contributed by atoms with E-state index in [0.29, 0.717) is 6.79 Å². The lowest BCUT2D eigenvalue weighted by atomic mass is 9.91. The molecule has 1 saturated heterocycles. The van der Waals surface area contributed by atoms with Gasteiger partial charge in [-0.05, 0) is 12.8 Å². The van der Waals surface area contributed by atoms with E-state index in [0.717, 1.165) is 12.8 Å². The average Bonchev–Trinajstić information content (AvgIpc) is 2.36. The van der Waals surface area contributed by atoms with Gasteiger partial charge in [0.05, 0.1) is 17.6 Å². The molecule has 0 amide bonds. The number of hydrogen-bond donors (Lipinski definition) is 1. The Bertz CT molecular complexity index is 139. The molecule has 3 nitrogen and oxygen atoms in total. The molecular formula is C7H12ClNO2. The fourth-order valence-corrected chi connectivity index (χ4v) is 1.96. The van der Waals surface area contributed by atoms with E-state index in [1.54, 1.807) is 0 Å². The molecule has 0 spiro atoms. The van der Waals surface area contributed by atoms with Crippen LogP contribution in [0.2, 0.25) is 0 Å². The minimum Gasteiger partial charge on any atom is -0.349 e. The minimum absolute atomic E-state index is 0.0537. The smallest absolute Gasteiger partial charge is 0.147 e. The van der Waals surface area contributed by atoms with Crippen molar-refractivity contribution in [1.82, 2.24) is 0 Å². The highest BCUT2D eigenvalue weighted by Crippen LogP contribution is 2.30. The third-order valence-electron chi connectivity index (χ3n) is 2.41. The van der Waals surface area contributed by atoms with Crippen molar-refractivity contribution in [2.45, 2.75) is 36.5 Å². The summed E-state index contributed by atoms with van der Waals surface area (Å²) in [4.78, 5) is 0. The first-order valence-electron chi connectivity index (χ1n) is 3.90. The molecule has 2 N–H and O–H groups in total. The van der Waals surface area contributed by atoms with Gasteiger partial charge in [-0.2, -0.15) is 0 Å². The van der Waals surface area contributed by atoms with Gasteiger partial charge in [0.2, 0.25) is 0 Å². The second kappa shape index (κ2) is 2.90. The summed E-state index contributed by atoms with van der Waals surface area (Å²) in [7, 11) is 0. The summed E-state index contributed by atoms with van der Waals surface area (Å²) in [6, 6.07) is 0.0691. The Hall–Kier alpha value is 0.170. The second-order valence-corrected chi connectivity index (χ2v) is 3.74. The number of nitrogens with two attached hydrogens (primary N) is 1. The average molecular weight is 178 g/mol. The van der Waals surface area contributed by atoms with Gasteiger partial charge in [-0.15, -0.1) is 11.6 Å². The van der Waals surface area contributed by atoms with Gasteiger partial charge in [0.15, 0.2) is 0 Å². The van der Waals surface area contributed by atoms with E-state index in [1.807, 2.05) is 0 Å². The molecule has 0 bridgehead atoms. The molecule has 1 aliphatic heterocycles. The monoisotopic (exact) mass is 177 g/mol. The molecule has 2 aliphatic rings. The van der Waals surface area contributed by atoms with Crippen molar-refractivity contribution >= 4 is 11.6 Å². The van der Waals surface area contributed by atoms with Crippen LogP contribution in [-0.2, 0) is 9.47 Å². The Kier molecular flexibility index (Phi) is 2.06. The van der Waals surface area contributed by atoms with Crippen molar-refractivity contribution in [3.63, 3.8) is 0 Å². The number of hydrogen-bond acceptors (Lipinski definition) is 3. The van der Waals surface area contributed by atoms with Crippen LogP contribution in [0.25, 0.3) is 0 Å². The van der Waals surface area contributed by atoms with E-state index < -0.39 is 0 Å². The fourth-order valence-electron chi connectivity index (χ4n) is 1.68. The van der Waals surface area contributed by atoms with Crippen molar-refractivity contribution < 1.29 is 9.47 Å². The number of alkyl halides is 1. The van der Waals surface area contributed by atoms with Crippen LogP contribution in [0.5, 0.6) is 0 Å². The maximum Gasteiger partial charge on any atom is 0.147 e. The fraction of sp³-hybridized carbons (Fsp3) is 1.00. The van der Waals surface area contributed by atoms with Gasteiger partial charge in [-0.1, -0.05) is 0 Å². The lowest BCUT2D eigenvalue weighted by molar-refractivity contribution is 0.0394. The molecule has 1 aliphatic carbocycles. The molecule has 2 fully saturated rings. The van der Waals surface area contributed by atoms with E-state index in [-0.39, 0.29) is 23.6 Å². The quantitative estimate of drug-likeness (QED) is 0.547. The predicted molar refractivity (Wildman–Crippen MR) is 41.5 cm³/mol. The number of rotatable bonds is 0. The zero-order valence-corrected chi connectivity index (χ0v) is 6.96. The van der Waals surface area contributed by atoms with Gasteiger partial charge in [-0.25, -0.2) is 0 Å². The number of halogens is 1. The van der Waals surface area contributed by atoms with Gasteiger partial charge >= 0.3 is 0 Å². The van der Waals surface area contributed by atoms with Crippen LogP contribution in [-0.4, -0.2) is 30.4 Å². The molecule has 4 heteroatoms. The zero-order chi connectivity index (χ0) is 7.84. The zero-order valence-electron chi connectivity index (χ0n) is 6.20. The maximum atomic E-state index is 5.97. The highest BCUT2D eigenvalue weighted by atomic mass is 35.5. The van der Waals surface area contributed by atoms with Crippen molar-refractivity contribution in [3.05, 3.63) is 0 Å². The second-order valence-electron chi connectivity index (χ2n) is 3.18.